The molecule has 0 unspecified atom stereocenters. The van der Waals surface area contributed by atoms with Gasteiger partial charge in [0.15, 0.2) is 11.0 Å². The van der Waals surface area contributed by atoms with E-state index in [2.05, 4.69) is 15.5 Å². The topological polar surface area (TPSA) is 86.1 Å². The van der Waals surface area contributed by atoms with Crippen LogP contribution in [0.4, 0.5) is 13.2 Å². The number of esters is 1. The maximum absolute atomic E-state index is 13.4. The first-order chi connectivity index (χ1) is 17.2. The summed E-state index contributed by atoms with van der Waals surface area (Å²) in [5, 5.41) is 11.8. The van der Waals surface area contributed by atoms with Crippen LogP contribution >= 0.6 is 11.8 Å². The summed E-state index contributed by atoms with van der Waals surface area (Å²) in [5.74, 6) is 1.85. The molecule has 1 amide bonds. The number of nitrogens with zero attached hydrogens (tertiary/aromatic N) is 3. The Kier molecular flexibility index (Phi) is 6.78. The first-order valence-electron chi connectivity index (χ1n) is 12.4. The van der Waals surface area contributed by atoms with Gasteiger partial charge in [-0.15, -0.1) is 10.2 Å². The Morgan fingerprint density at radius 2 is 1.69 bits per heavy atom. The smallest absolute Gasteiger partial charge is 0.416 e. The molecule has 0 atom stereocenters. The molecule has 0 aliphatic heterocycles. The monoisotopic (exact) mass is 522 g/mol. The molecular weight excluding hydrogens is 493 g/mol. The van der Waals surface area contributed by atoms with Gasteiger partial charge in [-0.25, -0.2) is 0 Å². The average molecular weight is 523 g/mol. The van der Waals surface area contributed by atoms with Gasteiger partial charge in [-0.3, -0.25) is 14.2 Å². The second-order valence-electron chi connectivity index (χ2n) is 10.3. The summed E-state index contributed by atoms with van der Waals surface area (Å²) in [7, 11) is 0. The van der Waals surface area contributed by atoms with Crippen LogP contribution < -0.4 is 5.32 Å². The number of aromatic nitrogens is 3. The Morgan fingerprint density at radius 1 is 1.08 bits per heavy atom. The molecule has 1 aromatic carbocycles. The predicted octanol–water partition coefficient (Wildman–Crippen LogP) is 4.77. The fraction of sp³-hybridized carbons (Fsp3) is 0.600. The van der Waals surface area contributed by atoms with Gasteiger partial charge in [-0.1, -0.05) is 11.8 Å². The molecule has 36 heavy (non-hydrogen) atoms. The minimum atomic E-state index is -4.46. The molecule has 11 heteroatoms. The number of hydrogen-bond acceptors (Lipinski definition) is 6. The van der Waals surface area contributed by atoms with Gasteiger partial charge in [-0.2, -0.15) is 13.2 Å². The third-order valence-electron chi connectivity index (χ3n) is 7.70. The number of carbonyl (C=O) groups excluding carboxylic acids is 2. The molecule has 6 rings (SSSR count). The summed E-state index contributed by atoms with van der Waals surface area (Å²) >= 11 is 1.08. The first kappa shape index (κ1) is 25.1. The van der Waals surface area contributed by atoms with Crippen LogP contribution in [0, 0.1) is 23.2 Å². The molecule has 2 aromatic rings. The Morgan fingerprint density at radius 3 is 2.25 bits per heavy atom. The summed E-state index contributed by atoms with van der Waals surface area (Å²) in [4.78, 5) is 25.3. The highest BCUT2D eigenvalue weighted by Gasteiger charge is 2.54. The normalized spacial score (nSPS) is 26.7. The molecule has 0 radical (unpaired) electrons. The molecule has 4 saturated carbocycles. The lowest BCUT2D eigenvalue weighted by atomic mass is 9.49. The van der Waals surface area contributed by atoms with Gasteiger partial charge in [0.25, 0.3) is 0 Å². The zero-order chi connectivity index (χ0) is 25.5. The van der Waals surface area contributed by atoms with E-state index in [4.69, 9.17) is 4.74 Å². The zero-order valence-corrected chi connectivity index (χ0v) is 20.8. The minimum Gasteiger partial charge on any atom is -0.465 e. The van der Waals surface area contributed by atoms with E-state index in [1.165, 1.54) is 31.4 Å². The van der Waals surface area contributed by atoms with Gasteiger partial charge in [0.1, 0.15) is 0 Å². The Bertz CT molecular complexity index is 1100. The number of alkyl halides is 3. The highest BCUT2D eigenvalue weighted by atomic mass is 32.2. The van der Waals surface area contributed by atoms with E-state index >= 15 is 0 Å². The van der Waals surface area contributed by atoms with E-state index in [0.29, 0.717) is 34.4 Å². The van der Waals surface area contributed by atoms with Crippen molar-refractivity contribution in [3.05, 3.63) is 35.7 Å². The zero-order valence-electron chi connectivity index (χ0n) is 20.0. The molecule has 4 bridgehead atoms. The second kappa shape index (κ2) is 9.72. The van der Waals surface area contributed by atoms with Crippen molar-refractivity contribution in [3.63, 3.8) is 0 Å². The summed E-state index contributed by atoms with van der Waals surface area (Å²) in [6, 6.07) is 4.66. The van der Waals surface area contributed by atoms with Crippen LogP contribution in [-0.2, 0) is 27.0 Å². The molecule has 4 aliphatic rings. The van der Waals surface area contributed by atoms with E-state index < -0.39 is 17.7 Å². The summed E-state index contributed by atoms with van der Waals surface area (Å²) in [6.45, 7) is 2.04. The van der Waals surface area contributed by atoms with Gasteiger partial charge in [0, 0.05) is 11.1 Å². The van der Waals surface area contributed by atoms with Gasteiger partial charge >= 0.3 is 12.1 Å². The van der Waals surface area contributed by atoms with E-state index in [9.17, 15) is 22.8 Å². The van der Waals surface area contributed by atoms with Crippen LogP contribution in [-0.4, -0.2) is 39.0 Å². The molecular formula is C25H29F3N4O3S. The minimum absolute atomic E-state index is 0.0216. The fourth-order valence-electron chi connectivity index (χ4n) is 6.63. The first-order valence-corrected chi connectivity index (χ1v) is 13.3. The van der Waals surface area contributed by atoms with Crippen molar-refractivity contribution in [3.8, 4) is 5.69 Å². The maximum Gasteiger partial charge on any atom is 0.416 e. The molecule has 7 nitrogen and oxygen atoms in total. The quantitative estimate of drug-likeness (QED) is 0.397. The summed E-state index contributed by atoms with van der Waals surface area (Å²) in [5.41, 5.74) is -0.676. The molecule has 194 valence electrons. The van der Waals surface area contributed by atoms with Crippen LogP contribution in [0.5, 0.6) is 0 Å². The van der Waals surface area contributed by atoms with Gasteiger partial charge in [-0.05, 0) is 87.5 Å². The number of benzene rings is 1. The molecule has 0 spiro atoms. The van der Waals surface area contributed by atoms with Gasteiger partial charge in [0.05, 0.1) is 24.5 Å². The third kappa shape index (κ3) is 4.99. The summed E-state index contributed by atoms with van der Waals surface area (Å²) < 4.78 is 45.8. The lowest BCUT2D eigenvalue weighted by molar-refractivity contribution is -0.146. The van der Waals surface area contributed by atoms with E-state index in [1.54, 1.807) is 11.5 Å². The number of thioether (sulfide) groups is 1. The van der Waals surface area contributed by atoms with E-state index in [0.717, 1.165) is 43.2 Å². The molecule has 4 aliphatic carbocycles. The lowest BCUT2D eigenvalue weighted by Crippen LogP contribution is -2.53. The number of halogens is 3. The second-order valence-corrected chi connectivity index (χ2v) is 11.2. The number of carbonyl (C=O) groups is 2. The highest BCUT2D eigenvalue weighted by Crippen LogP contribution is 2.60. The molecule has 0 saturated heterocycles. The predicted molar refractivity (Wildman–Crippen MR) is 126 cm³/mol. The van der Waals surface area contributed by atoms with Crippen molar-refractivity contribution in [2.75, 3.05) is 12.4 Å². The van der Waals surface area contributed by atoms with Crippen LogP contribution in [0.1, 0.15) is 56.8 Å². The third-order valence-corrected chi connectivity index (χ3v) is 8.61. The fourth-order valence-corrected chi connectivity index (χ4v) is 7.40. The molecule has 1 N–H and O–H groups in total. The van der Waals surface area contributed by atoms with Gasteiger partial charge < -0.3 is 10.1 Å². The summed E-state index contributed by atoms with van der Waals surface area (Å²) in [6.07, 6.45) is 2.02. The standard InChI is InChI=1S/C25H29F3N4O3S/c1-2-35-21(33)14-36-23-31-30-20(32(23)19-5-3-18(4-6-19)25(26,27)28)13-29-22(34)24-10-15-7-16(11-24)9-17(8-15)12-24/h3-6,15-17H,2,7-14H2,1H3,(H,29,34). The largest absolute Gasteiger partial charge is 0.465 e. The van der Waals surface area contributed by atoms with Crippen molar-refractivity contribution in [1.82, 2.24) is 20.1 Å². The average Bonchev–Trinajstić information content (AvgIpc) is 3.23. The van der Waals surface area contributed by atoms with E-state index in [1.807, 2.05) is 0 Å². The molecule has 4 fully saturated rings. The molecule has 1 heterocycles. The Balaban J connectivity index is 1.36. The number of nitrogens with one attached hydrogen (secondary N) is 1. The highest BCUT2D eigenvalue weighted by molar-refractivity contribution is 7.99. The SMILES string of the molecule is CCOC(=O)CSc1nnc(CNC(=O)C23CC4CC(CC(C4)C2)C3)n1-c1ccc(C(F)(F)F)cc1. The van der Waals surface area contributed by atoms with Crippen molar-refractivity contribution < 1.29 is 27.5 Å². The van der Waals surface area contributed by atoms with Crippen molar-refractivity contribution >= 4 is 23.6 Å². The molecule has 1 aromatic heterocycles. The Hall–Kier alpha value is -2.56. The Labute approximate surface area is 211 Å². The number of hydrogen-bond donors (Lipinski definition) is 1. The number of rotatable bonds is 8. The maximum atomic E-state index is 13.4. The van der Waals surface area contributed by atoms with Crippen molar-refractivity contribution in [1.29, 1.82) is 0 Å². The lowest BCUT2D eigenvalue weighted by Gasteiger charge is -2.55. The van der Waals surface area contributed by atoms with Crippen LogP contribution in [0.25, 0.3) is 5.69 Å². The van der Waals surface area contributed by atoms with Crippen LogP contribution in [0.2, 0.25) is 0 Å². The van der Waals surface area contributed by atoms with Gasteiger partial charge in [0.2, 0.25) is 5.91 Å². The van der Waals surface area contributed by atoms with E-state index in [-0.39, 0.29) is 30.2 Å². The van der Waals surface area contributed by atoms with Crippen LogP contribution in [0.15, 0.2) is 29.4 Å². The number of ether oxygens (including phenoxy) is 1. The van der Waals surface area contributed by atoms with Crippen LogP contribution in [0.3, 0.4) is 0 Å². The van der Waals surface area contributed by atoms with Crippen molar-refractivity contribution in [2.45, 2.75) is 63.3 Å². The van der Waals surface area contributed by atoms with Crippen molar-refractivity contribution in [2.24, 2.45) is 23.2 Å². The number of amides is 1.